The maximum absolute atomic E-state index is 9.23. The molecule has 0 unspecified atom stereocenters. The van der Waals surface area contributed by atoms with Crippen LogP contribution in [-0.2, 0) is 4.74 Å². The van der Waals surface area contributed by atoms with E-state index in [-0.39, 0.29) is 6.61 Å². The van der Waals surface area contributed by atoms with Crippen molar-refractivity contribution in [2.75, 3.05) is 50.2 Å². The highest BCUT2D eigenvalue weighted by atomic mass is 16.5. The van der Waals surface area contributed by atoms with Crippen LogP contribution < -0.4 is 10.2 Å². The zero-order valence-corrected chi connectivity index (χ0v) is 11.8. The van der Waals surface area contributed by atoms with Crippen LogP contribution in [0.3, 0.4) is 0 Å². The lowest BCUT2D eigenvalue weighted by molar-refractivity contribution is 0.202. The topological polar surface area (TPSA) is 99.2 Å². The number of hydrogen-bond donors (Lipinski definition) is 3. The summed E-state index contributed by atoms with van der Waals surface area (Å²) in [5.74, 6) is 1.28. The van der Waals surface area contributed by atoms with Gasteiger partial charge in [0.15, 0.2) is 5.65 Å². The summed E-state index contributed by atoms with van der Waals surface area (Å²) in [6, 6.07) is 0. The molecule has 0 aliphatic heterocycles. The van der Waals surface area contributed by atoms with Gasteiger partial charge in [-0.15, -0.1) is 0 Å². The number of fused-ring (bicyclic) bond motifs is 1. The van der Waals surface area contributed by atoms with E-state index in [1.54, 1.807) is 13.3 Å². The van der Waals surface area contributed by atoms with Crippen molar-refractivity contribution >= 4 is 22.8 Å². The SMILES string of the molecule is CCNc1nc(N(CCO)CCOC)c2cn[nH]c2n1. The Morgan fingerprint density at radius 3 is 2.95 bits per heavy atom. The summed E-state index contributed by atoms with van der Waals surface area (Å²) in [6.07, 6.45) is 1.69. The standard InChI is InChI=1S/C12H20N6O2/c1-3-13-12-15-10-9(8-14-17-10)11(16-12)18(4-6-19)5-7-20-2/h8,19H,3-7H2,1-2H3,(H2,13,14,15,16,17). The maximum Gasteiger partial charge on any atom is 0.226 e. The number of H-pyrrole nitrogens is 1. The molecule has 0 radical (unpaired) electrons. The molecule has 0 aliphatic carbocycles. The van der Waals surface area contributed by atoms with E-state index < -0.39 is 0 Å². The van der Waals surface area contributed by atoms with Gasteiger partial charge >= 0.3 is 0 Å². The van der Waals surface area contributed by atoms with E-state index in [0.717, 1.165) is 17.7 Å². The Morgan fingerprint density at radius 2 is 2.25 bits per heavy atom. The fraction of sp³-hybridized carbons (Fsp3) is 0.583. The van der Waals surface area contributed by atoms with Crippen LogP contribution in [0, 0.1) is 0 Å². The van der Waals surface area contributed by atoms with Gasteiger partial charge in [-0.2, -0.15) is 15.1 Å². The second kappa shape index (κ2) is 7.01. The van der Waals surface area contributed by atoms with Crippen LogP contribution in [0.2, 0.25) is 0 Å². The second-order valence-electron chi connectivity index (χ2n) is 4.24. The van der Waals surface area contributed by atoms with Crippen LogP contribution in [0.15, 0.2) is 6.20 Å². The molecule has 0 fully saturated rings. The number of aromatic nitrogens is 4. The highest BCUT2D eigenvalue weighted by molar-refractivity contribution is 5.87. The van der Waals surface area contributed by atoms with Crippen LogP contribution >= 0.6 is 0 Å². The summed E-state index contributed by atoms with van der Waals surface area (Å²) in [5, 5.41) is 20.0. The highest BCUT2D eigenvalue weighted by Gasteiger charge is 2.15. The van der Waals surface area contributed by atoms with E-state index in [2.05, 4.69) is 25.5 Å². The van der Waals surface area contributed by atoms with Crippen molar-refractivity contribution < 1.29 is 9.84 Å². The van der Waals surface area contributed by atoms with E-state index in [0.29, 0.717) is 31.3 Å². The molecule has 2 aromatic heterocycles. The largest absolute Gasteiger partial charge is 0.395 e. The van der Waals surface area contributed by atoms with Gasteiger partial charge in [0, 0.05) is 26.7 Å². The number of hydrogen-bond acceptors (Lipinski definition) is 7. The molecule has 0 aromatic carbocycles. The van der Waals surface area contributed by atoms with Crippen molar-refractivity contribution in [1.82, 2.24) is 20.2 Å². The minimum absolute atomic E-state index is 0.0452. The Morgan fingerprint density at radius 1 is 1.40 bits per heavy atom. The Kier molecular flexibility index (Phi) is 5.08. The van der Waals surface area contributed by atoms with Crippen molar-refractivity contribution in [3.05, 3.63) is 6.20 Å². The zero-order valence-electron chi connectivity index (χ0n) is 11.8. The number of aliphatic hydroxyl groups excluding tert-OH is 1. The van der Waals surface area contributed by atoms with E-state index in [4.69, 9.17) is 4.74 Å². The highest BCUT2D eigenvalue weighted by Crippen LogP contribution is 2.23. The molecule has 0 saturated carbocycles. The summed E-state index contributed by atoms with van der Waals surface area (Å²) in [5.41, 5.74) is 0.673. The fourth-order valence-corrected chi connectivity index (χ4v) is 1.94. The molecule has 3 N–H and O–H groups in total. The first-order valence-electron chi connectivity index (χ1n) is 6.59. The van der Waals surface area contributed by atoms with Crippen LogP contribution in [0.4, 0.5) is 11.8 Å². The van der Waals surface area contributed by atoms with Crippen molar-refractivity contribution in [3.63, 3.8) is 0 Å². The maximum atomic E-state index is 9.23. The van der Waals surface area contributed by atoms with Gasteiger partial charge < -0.3 is 20.1 Å². The van der Waals surface area contributed by atoms with Gasteiger partial charge in [-0.1, -0.05) is 0 Å². The molecule has 0 bridgehead atoms. The quantitative estimate of drug-likeness (QED) is 0.636. The number of aliphatic hydroxyl groups is 1. The third kappa shape index (κ3) is 3.14. The van der Waals surface area contributed by atoms with Gasteiger partial charge in [0.25, 0.3) is 0 Å². The zero-order chi connectivity index (χ0) is 14.4. The fourth-order valence-electron chi connectivity index (χ4n) is 1.94. The molecule has 0 aliphatic rings. The first-order valence-corrected chi connectivity index (χ1v) is 6.59. The van der Waals surface area contributed by atoms with Crippen LogP contribution in [-0.4, -0.2) is 65.2 Å². The van der Waals surface area contributed by atoms with Gasteiger partial charge in [-0.3, -0.25) is 5.10 Å². The summed E-state index contributed by atoms with van der Waals surface area (Å²) < 4.78 is 5.11. The van der Waals surface area contributed by atoms with Crippen LogP contribution in [0.25, 0.3) is 11.0 Å². The van der Waals surface area contributed by atoms with Gasteiger partial charge in [0.05, 0.1) is 24.8 Å². The van der Waals surface area contributed by atoms with Gasteiger partial charge in [0.1, 0.15) is 5.82 Å². The van der Waals surface area contributed by atoms with Crippen molar-refractivity contribution in [2.24, 2.45) is 0 Å². The number of rotatable bonds is 8. The van der Waals surface area contributed by atoms with E-state index >= 15 is 0 Å². The molecule has 0 saturated heterocycles. The number of aromatic amines is 1. The number of nitrogens with one attached hydrogen (secondary N) is 2. The summed E-state index contributed by atoms with van der Waals surface area (Å²) in [4.78, 5) is 10.8. The average molecular weight is 280 g/mol. The lowest BCUT2D eigenvalue weighted by Crippen LogP contribution is -2.31. The molecular formula is C12H20N6O2. The monoisotopic (exact) mass is 280 g/mol. The molecule has 8 nitrogen and oxygen atoms in total. The number of ether oxygens (including phenoxy) is 1. The predicted molar refractivity (Wildman–Crippen MR) is 77.0 cm³/mol. The molecule has 0 atom stereocenters. The third-order valence-corrected chi connectivity index (χ3v) is 2.86. The molecular weight excluding hydrogens is 260 g/mol. The van der Waals surface area contributed by atoms with Gasteiger partial charge in [-0.25, -0.2) is 0 Å². The number of methoxy groups -OCH3 is 1. The lowest BCUT2D eigenvalue weighted by atomic mass is 10.3. The lowest BCUT2D eigenvalue weighted by Gasteiger charge is -2.23. The summed E-state index contributed by atoms with van der Waals surface area (Å²) in [7, 11) is 1.65. The normalized spacial score (nSPS) is 10.9. The number of nitrogens with zero attached hydrogens (tertiary/aromatic N) is 4. The smallest absolute Gasteiger partial charge is 0.226 e. The van der Waals surface area contributed by atoms with E-state index in [1.807, 2.05) is 11.8 Å². The van der Waals surface area contributed by atoms with Crippen molar-refractivity contribution in [1.29, 1.82) is 0 Å². The van der Waals surface area contributed by atoms with Crippen molar-refractivity contribution in [3.8, 4) is 0 Å². The summed E-state index contributed by atoms with van der Waals surface area (Å²) >= 11 is 0. The molecule has 2 aromatic rings. The average Bonchev–Trinajstić information content (AvgIpc) is 2.91. The van der Waals surface area contributed by atoms with Crippen LogP contribution in [0.1, 0.15) is 6.92 Å². The molecule has 20 heavy (non-hydrogen) atoms. The molecule has 8 heteroatoms. The van der Waals surface area contributed by atoms with E-state index in [1.165, 1.54) is 0 Å². The van der Waals surface area contributed by atoms with E-state index in [9.17, 15) is 5.11 Å². The predicted octanol–water partition coefficient (Wildman–Crippen LogP) is 0.230. The van der Waals surface area contributed by atoms with Crippen molar-refractivity contribution in [2.45, 2.75) is 6.92 Å². The second-order valence-corrected chi connectivity index (χ2v) is 4.24. The Bertz CT molecular complexity index is 544. The Hall–Kier alpha value is -1.93. The summed E-state index contributed by atoms with van der Waals surface area (Å²) in [6.45, 7) is 4.43. The van der Waals surface area contributed by atoms with Crippen LogP contribution in [0.5, 0.6) is 0 Å². The number of anilines is 2. The molecule has 2 heterocycles. The molecule has 0 spiro atoms. The van der Waals surface area contributed by atoms with Gasteiger partial charge in [-0.05, 0) is 6.92 Å². The molecule has 2 rings (SSSR count). The third-order valence-electron chi connectivity index (χ3n) is 2.86. The minimum Gasteiger partial charge on any atom is -0.395 e. The molecule has 0 amide bonds. The first kappa shape index (κ1) is 14.5. The first-order chi connectivity index (χ1) is 9.80. The molecule has 110 valence electrons. The Labute approximate surface area is 117 Å². The van der Waals surface area contributed by atoms with Gasteiger partial charge in [0.2, 0.25) is 5.95 Å². The Balaban J connectivity index is 2.39. The minimum atomic E-state index is 0.0452.